The van der Waals surface area contributed by atoms with Gasteiger partial charge in [-0.25, -0.2) is 8.42 Å². The van der Waals surface area contributed by atoms with E-state index < -0.39 is 21.9 Å². The number of alkyl halides is 3. The molecule has 39 heavy (non-hydrogen) atoms. The Labute approximate surface area is 230 Å². The summed E-state index contributed by atoms with van der Waals surface area (Å²) in [7, 11) is -3.95. The number of hydrogen-bond acceptors (Lipinski definition) is 5. The van der Waals surface area contributed by atoms with Gasteiger partial charge in [-0.15, -0.1) is 13.2 Å². The maximum atomic E-state index is 13.5. The number of pyridine rings is 1. The standard InChI is InChI=1S/C27H27ClF3N3O4S/c1-2-3-16-34(39(36,37)23-10-6-21(28)7-11-23)26(13-14-26)25(35)33-18-19-12-15-32-24(17-19)20-4-8-22(9-5-20)38-27(29,30)31/h4-12,15,17H,2-3,13-14,16,18H2,1H3,(H,33,35). The fraction of sp³-hybridized carbons (Fsp3) is 0.333. The number of benzene rings is 2. The fourth-order valence-corrected chi connectivity index (χ4v) is 6.18. The molecule has 208 valence electrons. The first kappa shape index (κ1) is 28.8. The number of ether oxygens (including phenoxy) is 1. The molecule has 0 saturated heterocycles. The molecular formula is C27H27ClF3N3O4S. The fourth-order valence-electron chi connectivity index (χ4n) is 4.22. The van der Waals surface area contributed by atoms with Crippen LogP contribution < -0.4 is 10.1 Å². The molecule has 1 heterocycles. The predicted molar refractivity (Wildman–Crippen MR) is 140 cm³/mol. The van der Waals surface area contributed by atoms with Crippen molar-refractivity contribution < 1.29 is 31.1 Å². The monoisotopic (exact) mass is 581 g/mol. The maximum Gasteiger partial charge on any atom is 0.573 e. The minimum Gasteiger partial charge on any atom is -0.406 e. The molecule has 1 amide bonds. The number of unbranched alkanes of at least 4 members (excludes halogenated alkanes) is 1. The van der Waals surface area contributed by atoms with E-state index in [1.807, 2.05) is 6.92 Å². The summed E-state index contributed by atoms with van der Waals surface area (Å²) in [4.78, 5) is 17.7. The SMILES string of the molecule is CCCCN(C1(C(=O)NCc2ccnc(-c3ccc(OC(F)(F)F)cc3)c2)CC1)S(=O)(=O)c1ccc(Cl)cc1. The van der Waals surface area contributed by atoms with Crippen LogP contribution in [0.3, 0.4) is 0 Å². The summed E-state index contributed by atoms with van der Waals surface area (Å²) in [5.41, 5.74) is 0.589. The van der Waals surface area contributed by atoms with E-state index in [9.17, 15) is 26.4 Å². The number of halogens is 4. The Kier molecular flexibility index (Phi) is 8.53. The average Bonchev–Trinajstić information content (AvgIpc) is 3.69. The Morgan fingerprint density at radius 3 is 2.36 bits per heavy atom. The summed E-state index contributed by atoms with van der Waals surface area (Å²) in [6.07, 6.45) is -1.08. The van der Waals surface area contributed by atoms with Gasteiger partial charge in [0.25, 0.3) is 0 Å². The van der Waals surface area contributed by atoms with Crippen LogP contribution in [0.2, 0.25) is 5.02 Å². The van der Waals surface area contributed by atoms with Crippen LogP contribution in [0.15, 0.2) is 71.8 Å². The van der Waals surface area contributed by atoms with Crippen LogP contribution in [0.1, 0.15) is 38.2 Å². The number of aromatic nitrogens is 1. The lowest BCUT2D eigenvalue weighted by Gasteiger charge is -2.30. The summed E-state index contributed by atoms with van der Waals surface area (Å²) < 4.78 is 69.6. The number of carbonyl (C=O) groups is 1. The number of hydrogen-bond donors (Lipinski definition) is 1. The van der Waals surface area contributed by atoms with Gasteiger partial charge in [-0.3, -0.25) is 9.78 Å². The summed E-state index contributed by atoms with van der Waals surface area (Å²) in [5, 5.41) is 3.28. The van der Waals surface area contributed by atoms with Crippen LogP contribution in [0.5, 0.6) is 5.75 Å². The van der Waals surface area contributed by atoms with Gasteiger partial charge in [-0.2, -0.15) is 4.31 Å². The molecule has 7 nitrogen and oxygen atoms in total. The number of nitrogens with zero attached hydrogens (tertiary/aromatic N) is 2. The zero-order valence-corrected chi connectivity index (χ0v) is 22.6. The van der Waals surface area contributed by atoms with Crippen molar-refractivity contribution in [1.82, 2.24) is 14.6 Å². The number of nitrogens with one attached hydrogen (secondary N) is 1. The highest BCUT2D eigenvalue weighted by Gasteiger charge is 2.58. The van der Waals surface area contributed by atoms with Gasteiger partial charge in [-0.1, -0.05) is 24.9 Å². The zero-order valence-electron chi connectivity index (χ0n) is 21.0. The van der Waals surface area contributed by atoms with Gasteiger partial charge in [0.2, 0.25) is 15.9 Å². The van der Waals surface area contributed by atoms with Crippen molar-refractivity contribution in [3.05, 3.63) is 77.4 Å². The summed E-state index contributed by atoms with van der Waals surface area (Å²) in [6.45, 7) is 2.28. The Balaban J connectivity index is 1.48. The largest absolute Gasteiger partial charge is 0.573 e. The third kappa shape index (κ3) is 6.90. The Morgan fingerprint density at radius 2 is 1.77 bits per heavy atom. The Hall–Kier alpha value is -3.15. The van der Waals surface area contributed by atoms with E-state index in [1.54, 1.807) is 12.1 Å². The lowest BCUT2D eigenvalue weighted by Crippen LogP contribution is -2.51. The molecule has 0 unspecified atom stereocenters. The van der Waals surface area contributed by atoms with Crippen LogP contribution >= 0.6 is 11.6 Å². The number of amides is 1. The van der Waals surface area contributed by atoms with Crippen LogP contribution in [-0.2, 0) is 21.4 Å². The molecule has 4 rings (SSSR count). The predicted octanol–water partition coefficient (Wildman–Crippen LogP) is 5.94. The molecule has 0 radical (unpaired) electrons. The highest BCUT2D eigenvalue weighted by Crippen LogP contribution is 2.45. The van der Waals surface area contributed by atoms with E-state index in [2.05, 4.69) is 15.0 Å². The number of carbonyl (C=O) groups excluding carboxylic acids is 1. The van der Waals surface area contributed by atoms with E-state index >= 15 is 0 Å². The van der Waals surface area contributed by atoms with E-state index in [4.69, 9.17) is 11.6 Å². The van der Waals surface area contributed by atoms with Crippen molar-refractivity contribution in [3.8, 4) is 17.0 Å². The van der Waals surface area contributed by atoms with Gasteiger partial charge >= 0.3 is 6.36 Å². The molecule has 0 aliphatic heterocycles. The third-order valence-corrected chi connectivity index (χ3v) is 8.63. The number of sulfonamides is 1. The molecule has 1 aromatic heterocycles. The molecule has 0 atom stereocenters. The van der Waals surface area contributed by atoms with Gasteiger partial charge in [0.1, 0.15) is 11.3 Å². The normalized spacial score (nSPS) is 14.7. The second-order valence-electron chi connectivity index (χ2n) is 9.22. The molecule has 1 aliphatic carbocycles. The molecule has 12 heteroatoms. The molecule has 0 bridgehead atoms. The zero-order chi connectivity index (χ0) is 28.3. The van der Waals surface area contributed by atoms with Gasteiger partial charge < -0.3 is 10.1 Å². The highest BCUT2D eigenvalue weighted by atomic mass is 35.5. The lowest BCUT2D eigenvalue weighted by molar-refractivity contribution is -0.274. The smallest absolute Gasteiger partial charge is 0.406 e. The quantitative estimate of drug-likeness (QED) is 0.303. The second kappa shape index (κ2) is 11.5. The molecule has 1 N–H and O–H groups in total. The minimum atomic E-state index is -4.78. The topological polar surface area (TPSA) is 88.6 Å². The van der Waals surface area contributed by atoms with E-state index in [0.717, 1.165) is 6.42 Å². The molecular weight excluding hydrogens is 555 g/mol. The van der Waals surface area contributed by atoms with Gasteiger partial charge in [-0.05, 0) is 85.5 Å². The van der Waals surface area contributed by atoms with Gasteiger partial charge in [0.15, 0.2) is 0 Å². The maximum absolute atomic E-state index is 13.5. The Bertz CT molecular complexity index is 1410. The van der Waals surface area contributed by atoms with Crippen molar-refractivity contribution in [2.45, 2.75) is 55.9 Å². The third-order valence-electron chi connectivity index (χ3n) is 6.40. The molecule has 0 spiro atoms. The average molecular weight is 582 g/mol. The van der Waals surface area contributed by atoms with Crippen molar-refractivity contribution in [2.75, 3.05) is 6.54 Å². The van der Waals surface area contributed by atoms with Crippen LogP contribution in [0.25, 0.3) is 11.3 Å². The molecule has 2 aromatic carbocycles. The molecule has 1 aliphatic rings. The van der Waals surface area contributed by atoms with E-state index in [-0.39, 0.29) is 29.6 Å². The molecule has 1 fully saturated rings. The van der Waals surface area contributed by atoms with Crippen molar-refractivity contribution in [1.29, 1.82) is 0 Å². The highest BCUT2D eigenvalue weighted by molar-refractivity contribution is 7.89. The van der Waals surface area contributed by atoms with Crippen molar-refractivity contribution in [3.63, 3.8) is 0 Å². The Morgan fingerprint density at radius 1 is 1.10 bits per heavy atom. The van der Waals surface area contributed by atoms with Crippen LogP contribution in [0, 0.1) is 0 Å². The first-order valence-corrected chi connectivity index (χ1v) is 14.1. The van der Waals surface area contributed by atoms with Crippen molar-refractivity contribution >= 4 is 27.5 Å². The second-order valence-corrected chi connectivity index (χ2v) is 11.5. The van der Waals surface area contributed by atoms with Crippen LogP contribution in [-0.4, -0.2) is 42.1 Å². The molecule has 1 saturated carbocycles. The van der Waals surface area contributed by atoms with Crippen LogP contribution in [0.4, 0.5) is 13.2 Å². The molecule has 3 aromatic rings. The van der Waals surface area contributed by atoms with Gasteiger partial charge in [0, 0.05) is 29.9 Å². The van der Waals surface area contributed by atoms with Crippen molar-refractivity contribution in [2.24, 2.45) is 0 Å². The van der Waals surface area contributed by atoms with Gasteiger partial charge in [0.05, 0.1) is 10.6 Å². The summed E-state index contributed by atoms with van der Waals surface area (Å²) >= 11 is 5.93. The first-order valence-electron chi connectivity index (χ1n) is 12.3. The van der Waals surface area contributed by atoms with E-state index in [0.29, 0.717) is 41.1 Å². The first-order chi connectivity index (χ1) is 18.4. The minimum absolute atomic E-state index is 0.0764. The summed E-state index contributed by atoms with van der Waals surface area (Å²) in [6, 6.07) is 14.6. The summed E-state index contributed by atoms with van der Waals surface area (Å²) in [5.74, 6) is -0.728. The lowest BCUT2D eigenvalue weighted by atomic mass is 10.1. The number of rotatable bonds is 11. The van der Waals surface area contributed by atoms with E-state index in [1.165, 1.54) is 59.0 Å².